The molecule has 0 aliphatic carbocycles. The minimum Gasteiger partial charge on any atom is -0.355 e. The first-order valence-electron chi connectivity index (χ1n) is 7.46. The van der Waals surface area contributed by atoms with E-state index in [0.717, 1.165) is 28.8 Å². The molecule has 0 radical (unpaired) electrons. The first kappa shape index (κ1) is 14.3. The summed E-state index contributed by atoms with van der Waals surface area (Å²) in [4.78, 5) is 19.6. The first-order valence-corrected chi connectivity index (χ1v) is 7.46. The number of imidazole rings is 1. The molecule has 0 bridgehead atoms. The van der Waals surface area contributed by atoms with Crippen molar-refractivity contribution in [2.45, 2.75) is 19.8 Å². The smallest absolute Gasteiger partial charge is 0.224 e. The van der Waals surface area contributed by atoms with Gasteiger partial charge in [0, 0.05) is 6.54 Å². The Morgan fingerprint density at radius 2 is 1.95 bits per heavy atom. The number of amides is 1. The molecular formula is C18H19N3O. The molecule has 3 rings (SSSR count). The number of hydrogen-bond donors (Lipinski definition) is 2. The molecule has 0 atom stereocenters. The van der Waals surface area contributed by atoms with Crippen LogP contribution in [0.1, 0.15) is 17.0 Å². The number of nitrogens with one attached hydrogen (secondary N) is 2. The average molecular weight is 293 g/mol. The van der Waals surface area contributed by atoms with E-state index in [9.17, 15) is 4.79 Å². The number of aryl methyl sites for hydroxylation is 1. The number of carbonyl (C=O) groups excluding carboxylic acids is 1. The van der Waals surface area contributed by atoms with Crippen LogP contribution in [-0.2, 0) is 17.6 Å². The highest BCUT2D eigenvalue weighted by atomic mass is 16.1. The lowest BCUT2D eigenvalue weighted by molar-refractivity contribution is -0.120. The zero-order valence-corrected chi connectivity index (χ0v) is 12.6. The zero-order valence-electron chi connectivity index (χ0n) is 12.6. The van der Waals surface area contributed by atoms with Crippen LogP contribution in [0.25, 0.3) is 11.0 Å². The van der Waals surface area contributed by atoms with Crippen molar-refractivity contribution in [3.63, 3.8) is 0 Å². The van der Waals surface area contributed by atoms with Gasteiger partial charge in [0.2, 0.25) is 5.91 Å². The summed E-state index contributed by atoms with van der Waals surface area (Å²) in [7, 11) is 0. The molecule has 112 valence electrons. The van der Waals surface area contributed by atoms with Gasteiger partial charge in [-0.3, -0.25) is 4.79 Å². The number of aromatic amines is 1. The molecule has 0 saturated carbocycles. The molecule has 0 spiro atoms. The Hall–Kier alpha value is -2.62. The quantitative estimate of drug-likeness (QED) is 0.760. The van der Waals surface area contributed by atoms with E-state index in [2.05, 4.69) is 27.4 Å². The molecule has 1 aromatic heterocycles. The van der Waals surface area contributed by atoms with E-state index in [1.165, 1.54) is 5.56 Å². The predicted molar refractivity (Wildman–Crippen MR) is 87.7 cm³/mol. The van der Waals surface area contributed by atoms with Crippen molar-refractivity contribution in [2.75, 3.05) is 6.54 Å². The molecule has 2 aromatic carbocycles. The van der Waals surface area contributed by atoms with Gasteiger partial charge in [0.25, 0.3) is 0 Å². The molecule has 0 saturated heterocycles. The normalized spacial score (nSPS) is 10.8. The van der Waals surface area contributed by atoms with Gasteiger partial charge >= 0.3 is 0 Å². The molecule has 4 heteroatoms. The molecule has 0 aliphatic rings. The number of fused-ring (bicyclic) bond motifs is 1. The lowest BCUT2D eigenvalue weighted by Gasteiger charge is -2.05. The highest BCUT2D eigenvalue weighted by molar-refractivity contribution is 5.81. The van der Waals surface area contributed by atoms with Crippen molar-refractivity contribution < 1.29 is 4.79 Å². The number of nitrogens with zero attached hydrogens (tertiary/aromatic N) is 1. The van der Waals surface area contributed by atoms with Crippen LogP contribution in [0.2, 0.25) is 0 Å². The number of benzene rings is 2. The van der Waals surface area contributed by atoms with Crippen molar-refractivity contribution in [1.29, 1.82) is 0 Å². The fourth-order valence-corrected chi connectivity index (χ4v) is 2.53. The van der Waals surface area contributed by atoms with E-state index < -0.39 is 0 Å². The monoisotopic (exact) mass is 293 g/mol. The van der Waals surface area contributed by atoms with Gasteiger partial charge < -0.3 is 10.3 Å². The number of H-pyrrole nitrogens is 1. The lowest BCUT2D eigenvalue weighted by Crippen LogP contribution is -2.27. The largest absolute Gasteiger partial charge is 0.355 e. The van der Waals surface area contributed by atoms with Crippen molar-refractivity contribution in [3.8, 4) is 0 Å². The maximum Gasteiger partial charge on any atom is 0.224 e. The molecule has 2 N–H and O–H groups in total. The third-order valence-corrected chi connectivity index (χ3v) is 3.61. The Morgan fingerprint density at radius 3 is 2.77 bits per heavy atom. The van der Waals surface area contributed by atoms with Crippen LogP contribution in [0.15, 0.2) is 48.5 Å². The van der Waals surface area contributed by atoms with Gasteiger partial charge in [-0.15, -0.1) is 0 Å². The van der Waals surface area contributed by atoms with Gasteiger partial charge in [-0.05, 0) is 36.6 Å². The van der Waals surface area contributed by atoms with Crippen molar-refractivity contribution in [3.05, 3.63) is 65.5 Å². The Kier molecular flexibility index (Phi) is 4.19. The minimum atomic E-state index is 0.0477. The summed E-state index contributed by atoms with van der Waals surface area (Å²) in [5.41, 5.74) is 4.14. The number of carbonyl (C=O) groups is 1. The summed E-state index contributed by atoms with van der Waals surface area (Å²) >= 11 is 0. The Balaban J connectivity index is 1.54. The van der Waals surface area contributed by atoms with Gasteiger partial charge in [-0.25, -0.2) is 4.98 Å². The number of hydrogen-bond acceptors (Lipinski definition) is 2. The van der Waals surface area contributed by atoms with Gasteiger partial charge in [0.1, 0.15) is 5.82 Å². The van der Waals surface area contributed by atoms with Crippen LogP contribution >= 0.6 is 0 Å². The second-order valence-electron chi connectivity index (χ2n) is 5.44. The molecule has 4 nitrogen and oxygen atoms in total. The van der Waals surface area contributed by atoms with Crippen LogP contribution in [0.3, 0.4) is 0 Å². The predicted octanol–water partition coefficient (Wildman–Crippen LogP) is 2.77. The highest BCUT2D eigenvalue weighted by Crippen LogP contribution is 2.13. The molecule has 3 aromatic rings. The average Bonchev–Trinajstić information content (AvgIpc) is 2.87. The molecule has 0 unspecified atom stereocenters. The Labute approximate surface area is 129 Å². The maximum absolute atomic E-state index is 12.0. The second kappa shape index (κ2) is 6.43. The summed E-state index contributed by atoms with van der Waals surface area (Å²) in [6.45, 7) is 2.59. The van der Waals surface area contributed by atoms with E-state index >= 15 is 0 Å². The SMILES string of the molecule is Cc1nc2ccc(CC(=O)NCCc3ccccc3)cc2[nH]1. The summed E-state index contributed by atoms with van der Waals surface area (Å²) < 4.78 is 0. The van der Waals surface area contributed by atoms with Crippen LogP contribution in [0, 0.1) is 6.92 Å². The zero-order chi connectivity index (χ0) is 15.4. The van der Waals surface area contributed by atoms with Crippen molar-refractivity contribution in [2.24, 2.45) is 0 Å². The molecular weight excluding hydrogens is 274 g/mol. The molecule has 0 aliphatic heterocycles. The van der Waals surface area contributed by atoms with Crippen molar-refractivity contribution in [1.82, 2.24) is 15.3 Å². The van der Waals surface area contributed by atoms with Gasteiger partial charge in [-0.2, -0.15) is 0 Å². The van der Waals surface area contributed by atoms with E-state index in [0.29, 0.717) is 13.0 Å². The fraction of sp³-hybridized carbons (Fsp3) is 0.222. The third kappa shape index (κ3) is 3.52. The summed E-state index contributed by atoms with van der Waals surface area (Å²) in [5.74, 6) is 0.936. The lowest BCUT2D eigenvalue weighted by atomic mass is 10.1. The van der Waals surface area contributed by atoms with Gasteiger partial charge in [-0.1, -0.05) is 36.4 Å². The Bertz CT molecular complexity index is 777. The van der Waals surface area contributed by atoms with Gasteiger partial charge in [0.15, 0.2) is 0 Å². The molecule has 1 amide bonds. The number of aromatic nitrogens is 2. The van der Waals surface area contributed by atoms with Crippen LogP contribution in [0.5, 0.6) is 0 Å². The Morgan fingerprint density at radius 1 is 1.14 bits per heavy atom. The number of rotatable bonds is 5. The summed E-state index contributed by atoms with van der Waals surface area (Å²) in [6, 6.07) is 16.1. The first-order chi connectivity index (χ1) is 10.7. The second-order valence-corrected chi connectivity index (χ2v) is 5.44. The van der Waals surface area contributed by atoms with E-state index in [1.54, 1.807) is 0 Å². The molecule has 0 fully saturated rings. The van der Waals surface area contributed by atoms with Crippen LogP contribution in [-0.4, -0.2) is 22.4 Å². The molecule has 1 heterocycles. The fourth-order valence-electron chi connectivity index (χ4n) is 2.53. The topological polar surface area (TPSA) is 57.8 Å². The van der Waals surface area contributed by atoms with E-state index in [1.807, 2.05) is 43.3 Å². The van der Waals surface area contributed by atoms with Gasteiger partial charge in [0.05, 0.1) is 17.5 Å². The van der Waals surface area contributed by atoms with Crippen LogP contribution < -0.4 is 5.32 Å². The summed E-state index contributed by atoms with van der Waals surface area (Å²) in [6.07, 6.45) is 1.24. The third-order valence-electron chi connectivity index (χ3n) is 3.61. The summed E-state index contributed by atoms with van der Waals surface area (Å²) in [5, 5.41) is 2.97. The highest BCUT2D eigenvalue weighted by Gasteiger charge is 2.05. The molecule has 22 heavy (non-hydrogen) atoms. The van der Waals surface area contributed by atoms with Crippen molar-refractivity contribution >= 4 is 16.9 Å². The van der Waals surface area contributed by atoms with E-state index in [4.69, 9.17) is 0 Å². The van der Waals surface area contributed by atoms with E-state index in [-0.39, 0.29) is 5.91 Å². The minimum absolute atomic E-state index is 0.0477. The van der Waals surface area contributed by atoms with Crippen LogP contribution in [0.4, 0.5) is 0 Å². The maximum atomic E-state index is 12.0. The standard InChI is InChI=1S/C18H19N3O/c1-13-20-16-8-7-15(11-17(16)21-13)12-18(22)19-10-9-14-5-3-2-4-6-14/h2-8,11H,9-10,12H2,1H3,(H,19,22)(H,20,21).